The first-order valence-electron chi connectivity index (χ1n) is 5.77. The van der Waals surface area contributed by atoms with Crippen LogP contribution < -0.4 is 9.46 Å². The Balaban J connectivity index is 2.83. The number of carboxylic acid groups (broad SMARTS) is 1. The molecule has 106 valence electrons. The van der Waals surface area contributed by atoms with E-state index >= 15 is 0 Å². The topological polar surface area (TPSA) is 92.7 Å². The molecule has 0 amide bonds. The van der Waals surface area contributed by atoms with Crippen LogP contribution in [0.25, 0.3) is 0 Å². The Labute approximate surface area is 112 Å². The summed E-state index contributed by atoms with van der Waals surface area (Å²) in [4.78, 5) is 10.9. The molecule has 0 saturated carbocycles. The minimum atomic E-state index is -3.72. The lowest BCUT2D eigenvalue weighted by Gasteiger charge is -2.12. The number of carbonyl (C=O) groups is 1. The second-order valence-corrected chi connectivity index (χ2v) is 5.74. The van der Waals surface area contributed by atoms with Crippen LogP contribution in [0.3, 0.4) is 0 Å². The number of rotatable bonds is 7. The van der Waals surface area contributed by atoms with Gasteiger partial charge in [-0.15, -0.1) is 0 Å². The molecular weight excluding hydrogens is 270 g/mol. The smallest absolute Gasteiger partial charge is 0.307 e. The minimum Gasteiger partial charge on any atom is -0.497 e. The highest BCUT2D eigenvalue weighted by Gasteiger charge is 2.20. The van der Waals surface area contributed by atoms with Gasteiger partial charge in [0.15, 0.2) is 0 Å². The van der Waals surface area contributed by atoms with E-state index in [4.69, 9.17) is 9.84 Å². The van der Waals surface area contributed by atoms with Gasteiger partial charge in [0.1, 0.15) is 5.75 Å². The molecule has 1 unspecified atom stereocenters. The molecule has 0 heterocycles. The normalized spacial score (nSPS) is 12.9. The van der Waals surface area contributed by atoms with Crippen molar-refractivity contribution in [2.75, 3.05) is 13.7 Å². The van der Waals surface area contributed by atoms with Gasteiger partial charge < -0.3 is 9.84 Å². The van der Waals surface area contributed by atoms with Gasteiger partial charge in [-0.1, -0.05) is 13.0 Å². The summed E-state index contributed by atoms with van der Waals surface area (Å²) < 4.78 is 31.2. The predicted octanol–water partition coefficient (Wildman–Crippen LogP) is 1.08. The van der Waals surface area contributed by atoms with Crippen molar-refractivity contribution in [2.24, 2.45) is 5.92 Å². The minimum absolute atomic E-state index is 0.0482. The standard InChI is InChI=1S/C12H17NO5S/c1-3-9(12(14)15)8-13-19(16,17)11-6-4-5-10(7-11)18-2/h4-7,9,13H,3,8H2,1-2H3,(H,14,15). The third-order valence-corrected chi connectivity index (χ3v) is 4.13. The maximum atomic E-state index is 12.0. The Morgan fingerprint density at radius 2 is 2.16 bits per heavy atom. The van der Waals surface area contributed by atoms with E-state index in [1.54, 1.807) is 19.1 Å². The SMILES string of the molecule is CCC(CNS(=O)(=O)c1cccc(OC)c1)C(=O)O. The van der Waals surface area contributed by atoms with E-state index < -0.39 is 21.9 Å². The maximum absolute atomic E-state index is 12.0. The Morgan fingerprint density at radius 1 is 1.47 bits per heavy atom. The average Bonchev–Trinajstić information content (AvgIpc) is 2.39. The molecule has 0 aliphatic heterocycles. The van der Waals surface area contributed by atoms with Crippen LogP contribution >= 0.6 is 0 Å². The molecule has 0 radical (unpaired) electrons. The summed E-state index contributed by atoms with van der Waals surface area (Å²) in [7, 11) is -2.28. The first kappa shape index (κ1) is 15.5. The number of nitrogens with one attached hydrogen (secondary N) is 1. The highest BCUT2D eigenvalue weighted by Crippen LogP contribution is 2.17. The molecule has 0 bridgehead atoms. The lowest BCUT2D eigenvalue weighted by molar-refractivity contribution is -0.141. The lowest BCUT2D eigenvalue weighted by Crippen LogP contribution is -2.32. The number of carboxylic acids is 1. The van der Waals surface area contributed by atoms with E-state index in [1.807, 2.05) is 0 Å². The highest BCUT2D eigenvalue weighted by atomic mass is 32.2. The number of hydrogen-bond donors (Lipinski definition) is 2. The summed E-state index contributed by atoms with van der Waals surface area (Å²) in [5, 5.41) is 8.87. The van der Waals surface area contributed by atoms with Crippen molar-refractivity contribution < 1.29 is 23.1 Å². The molecule has 6 nitrogen and oxygen atoms in total. The summed E-state index contributed by atoms with van der Waals surface area (Å²) in [5.41, 5.74) is 0. The van der Waals surface area contributed by atoms with Crippen LogP contribution in [-0.2, 0) is 14.8 Å². The van der Waals surface area contributed by atoms with Crippen LogP contribution in [-0.4, -0.2) is 33.1 Å². The van der Waals surface area contributed by atoms with Gasteiger partial charge in [0.25, 0.3) is 0 Å². The van der Waals surface area contributed by atoms with Crippen molar-refractivity contribution in [3.05, 3.63) is 24.3 Å². The number of sulfonamides is 1. The van der Waals surface area contributed by atoms with E-state index in [0.29, 0.717) is 12.2 Å². The first-order chi connectivity index (χ1) is 8.90. The highest BCUT2D eigenvalue weighted by molar-refractivity contribution is 7.89. The molecule has 0 saturated heterocycles. The zero-order valence-electron chi connectivity index (χ0n) is 10.8. The average molecular weight is 287 g/mol. The number of benzene rings is 1. The quantitative estimate of drug-likeness (QED) is 0.783. The van der Waals surface area contributed by atoms with Gasteiger partial charge in [-0.3, -0.25) is 4.79 Å². The summed E-state index contributed by atoms with van der Waals surface area (Å²) in [6, 6.07) is 5.99. The molecule has 0 aliphatic carbocycles. The summed E-state index contributed by atoms with van der Waals surface area (Å²) >= 11 is 0. The van der Waals surface area contributed by atoms with E-state index in [-0.39, 0.29) is 11.4 Å². The van der Waals surface area contributed by atoms with Gasteiger partial charge in [0.05, 0.1) is 17.9 Å². The Morgan fingerprint density at radius 3 is 2.68 bits per heavy atom. The molecule has 1 aromatic rings. The molecule has 1 atom stereocenters. The largest absolute Gasteiger partial charge is 0.497 e. The van der Waals surface area contributed by atoms with Gasteiger partial charge >= 0.3 is 5.97 Å². The third kappa shape index (κ3) is 4.22. The molecule has 19 heavy (non-hydrogen) atoms. The Bertz CT molecular complexity index is 541. The van der Waals surface area contributed by atoms with Crippen LogP contribution in [0, 0.1) is 5.92 Å². The second kappa shape index (κ2) is 6.53. The van der Waals surface area contributed by atoms with Crippen LogP contribution in [0.1, 0.15) is 13.3 Å². The van der Waals surface area contributed by atoms with E-state index in [9.17, 15) is 13.2 Å². The number of methoxy groups -OCH3 is 1. The maximum Gasteiger partial charge on any atom is 0.307 e. The molecule has 0 spiro atoms. The van der Waals surface area contributed by atoms with Gasteiger partial charge in [-0.2, -0.15) is 0 Å². The Hall–Kier alpha value is -1.60. The number of aliphatic carboxylic acids is 1. The van der Waals surface area contributed by atoms with Crippen molar-refractivity contribution in [1.29, 1.82) is 0 Å². The van der Waals surface area contributed by atoms with Gasteiger partial charge in [0.2, 0.25) is 10.0 Å². The molecule has 2 N–H and O–H groups in total. The van der Waals surface area contributed by atoms with E-state index in [0.717, 1.165) is 0 Å². The van der Waals surface area contributed by atoms with Crippen molar-refractivity contribution in [1.82, 2.24) is 4.72 Å². The predicted molar refractivity (Wildman–Crippen MR) is 69.6 cm³/mol. The van der Waals surface area contributed by atoms with Crippen molar-refractivity contribution in [2.45, 2.75) is 18.2 Å². The van der Waals surface area contributed by atoms with Gasteiger partial charge in [0, 0.05) is 12.6 Å². The van der Waals surface area contributed by atoms with E-state index in [1.165, 1.54) is 19.2 Å². The van der Waals surface area contributed by atoms with Crippen LogP contribution in [0.15, 0.2) is 29.2 Å². The molecular formula is C12H17NO5S. The van der Waals surface area contributed by atoms with Gasteiger partial charge in [-0.25, -0.2) is 13.1 Å². The van der Waals surface area contributed by atoms with Crippen molar-refractivity contribution in [3.8, 4) is 5.75 Å². The first-order valence-corrected chi connectivity index (χ1v) is 7.25. The zero-order chi connectivity index (χ0) is 14.5. The fourth-order valence-electron chi connectivity index (χ4n) is 1.47. The third-order valence-electron chi connectivity index (χ3n) is 2.71. The molecule has 0 fully saturated rings. The fraction of sp³-hybridized carbons (Fsp3) is 0.417. The Kier molecular flexibility index (Phi) is 5.31. The molecule has 0 aromatic heterocycles. The molecule has 1 rings (SSSR count). The van der Waals surface area contributed by atoms with E-state index in [2.05, 4.69) is 4.72 Å². The number of hydrogen-bond acceptors (Lipinski definition) is 4. The summed E-state index contributed by atoms with van der Waals surface area (Å²) in [6.07, 6.45) is 0.357. The summed E-state index contributed by atoms with van der Waals surface area (Å²) in [5.74, 6) is -1.33. The molecule has 7 heteroatoms. The van der Waals surface area contributed by atoms with Crippen LogP contribution in [0.2, 0.25) is 0 Å². The fourth-order valence-corrected chi connectivity index (χ4v) is 2.58. The molecule has 1 aromatic carbocycles. The van der Waals surface area contributed by atoms with Crippen LogP contribution in [0.4, 0.5) is 0 Å². The van der Waals surface area contributed by atoms with Gasteiger partial charge in [-0.05, 0) is 18.6 Å². The number of ether oxygens (including phenoxy) is 1. The van der Waals surface area contributed by atoms with Crippen molar-refractivity contribution in [3.63, 3.8) is 0 Å². The zero-order valence-corrected chi connectivity index (χ0v) is 11.6. The summed E-state index contributed by atoms with van der Waals surface area (Å²) in [6.45, 7) is 1.56. The second-order valence-electron chi connectivity index (χ2n) is 3.97. The molecule has 0 aliphatic rings. The van der Waals surface area contributed by atoms with Crippen LogP contribution in [0.5, 0.6) is 5.75 Å². The van der Waals surface area contributed by atoms with Crippen molar-refractivity contribution >= 4 is 16.0 Å². The lowest BCUT2D eigenvalue weighted by atomic mass is 10.1. The monoisotopic (exact) mass is 287 g/mol.